The Hall–Kier alpha value is -0.740. The van der Waals surface area contributed by atoms with Gasteiger partial charge in [0.1, 0.15) is 0 Å². The number of thioether (sulfide) groups is 1. The molecule has 2 rings (SSSR count). The van der Waals surface area contributed by atoms with Crippen molar-refractivity contribution in [1.82, 2.24) is 0 Å². The largest absolute Gasteiger partial charge is 0.379 e. The Kier molecular flexibility index (Phi) is 3.49. The molecule has 1 aliphatic carbocycles. The Morgan fingerprint density at radius 3 is 3.27 bits per heavy atom. The summed E-state index contributed by atoms with van der Waals surface area (Å²) in [4.78, 5) is 1.51. The van der Waals surface area contributed by atoms with Crippen LogP contribution in [0.5, 0.6) is 0 Å². The van der Waals surface area contributed by atoms with E-state index in [1.807, 2.05) is 11.3 Å². The summed E-state index contributed by atoms with van der Waals surface area (Å²) >= 11 is 3.24. The number of thiophene rings is 1. The van der Waals surface area contributed by atoms with Crippen molar-refractivity contribution in [2.24, 2.45) is 5.73 Å². The highest BCUT2D eigenvalue weighted by molar-refractivity contribution is 8.13. The number of hydrogen-bond donors (Lipinski definition) is 2. The molecule has 0 aromatic carbocycles. The summed E-state index contributed by atoms with van der Waals surface area (Å²) in [6.07, 6.45) is 5.87. The molecule has 0 amide bonds. The first-order valence-corrected chi connectivity index (χ1v) is 6.86. The molecule has 0 spiro atoms. The maximum atomic E-state index is 7.14. The minimum Gasteiger partial charge on any atom is -0.379 e. The van der Waals surface area contributed by atoms with E-state index in [2.05, 4.69) is 17.5 Å². The molecule has 0 atom stereocenters. The Balaban J connectivity index is 2.08. The minimum absolute atomic E-state index is 0.202. The second-order valence-corrected chi connectivity index (χ2v) is 5.58. The topological polar surface area (TPSA) is 49.9 Å². The lowest BCUT2D eigenvalue weighted by atomic mass is 9.93. The van der Waals surface area contributed by atoms with Crippen molar-refractivity contribution in [2.75, 3.05) is 5.75 Å². The van der Waals surface area contributed by atoms with Crippen LogP contribution in [0.2, 0.25) is 0 Å². The second kappa shape index (κ2) is 4.86. The first-order chi connectivity index (χ1) is 7.27. The monoisotopic (exact) mass is 238 g/mol. The average molecular weight is 238 g/mol. The van der Waals surface area contributed by atoms with E-state index in [-0.39, 0.29) is 5.17 Å². The van der Waals surface area contributed by atoms with E-state index in [0.29, 0.717) is 0 Å². The lowest BCUT2D eigenvalue weighted by molar-refractivity contribution is 0.837. The quantitative estimate of drug-likeness (QED) is 0.614. The summed E-state index contributed by atoms with van der Waals surface area (Å²) in [5.41, 5.74) is 8.16. The van der Waals surface area contributed by atoms with E-state index in [1.165, 1.54) is 47.0 Å². The molecule has 0 saturated carbocycles. The van der Waals surface area contributed by atoms with Gasteiger partial charge in [-0.15, -0.1) is 11.3 Å². The molecule has 3 N–H and O–H groups in total. The molecular formula is C11H14N2S2. The molecule has 0 saturated heterocycles. The van der Waals surface area contributed by atoms with Crippen molar-refractivity contribution in [3.8, 4) is 0 Å². The van der Waals surface area contributed by atoms with E-state index < -0.39 is 0 Å². The third-order valence-electron chi connectivity index (χ3n) is 2.51. The Bertz CT molecular complexity index is 393. The molecule has 1 aliphatic rings. The van der Waals surface area contributed by atoms with E-state index >= 15 is 0 Å². The third-order valence-corrected chi connectivity index (χ3v) is 4.13. The van der Waals surface area contributed by atoms with Crippen molar-refractivity contribution < 1.29 is 0 Å². The molecule has 1 heterocycles. The average Bonchev–Trinajstić information content (AvgIpc) is 2.65. The van der Waals surface area contributed by atoms with Gasteiger partial charge >= 0.3 is 0 Å². The minimum atomic E-state index is 0.202. The van der Waals surface area contributed by atoms with E-state index in [1.54, 1.807) is 0 Å². The van der Waals surface area contributed by atoms with Crippen LogP contribution in [0.4, 0.5) is 0 Å². The van der Waals surface area contributed by atoms with Crippen molar-refractivity contribution >= 4 is 33.8 Å². The number of hydrogen-bond acceptors (Lipinski definition) is 3. The van der Waals surface area contributed by atoms with Gasteiger partial charge in [0, 0.05) is 10.6 Å². The van der Waals surface area contributed by atoms with Gasteiger partial charge in [-0.2, -0.15) is 0 Å². The van der Waals surface area contributed by atoms with Gasteiger partial charge in [-0.25, -0.2) is 0 Å². The molecule has 80 valence electrons. The molecule has 15 heavy (non-hydrogen) atoms. The van der Waals surface area contributed by atoms with Crippen LogP contribution in [0, 0.1) is 5.41 Å². The van der Waals surface area contributed by atoms with Crippen LogP contribution < -0.4 is 5.73 Å². The van der Waals surface area contributed by atoms with Gasteiger partial charge in [0.15, 0.2) is 5.17 Å². The number of rotatable bonds is 2. The Morgan fingerprint density at radius 2 is 2.47 bits per heavy atom. The predicted molar refractivity (Wildman–Crippen MR) is 69.6 cm³/mol. The van der Waals surface area contributed by atoms with Crippen LogP contribution in [0.1, 0.15) is 23.3 Å². The summed E-state index contributed by atoms with van der Waals surface area (Å²) in [5.74, 6) is 0.819. The highest BCUT2D eigenvalue weighted by atomic mass is 32.2. The normalized spacial score (nSPS) is 17.7. The molecule has 4 heteroatoms. The highest BCUT2D eigenvalue weighted by Crippen LogP contribution is 2.34. The van der Waals surface area contributed by atoms with E-state index in [9.17, 15) is 0 Å². The fourth-order valence-corrected chi connectivity index (χ4v) is 3.26. The zero-order chi connectivity index (χ0) is 10.7. The van der Waals surface area contributed by atoms with Crippen molar-refractivity contribution in [3.05, 3.63) is 28.0 Å². The van der Waals surface area contributed by atoms with Crippen LogP contribution in [-0.4, -0.2) is 10.9 Å². The molecule has 1 aromatic rings. The zero-order valence-corrected chi connectivity index (χ0v) is 10.1. The lowest BCUT2D eigenvalue weighted by Gasteiger charge is -2.14. The maximum Gasteiger partial charge on any atom is 0.151 e. The summed E-state index contributed by atoms with van der Waals surface area (Å²) in [6.45, 7) is 0. The van der Waals surface area contributed by atoms with Crippen LogP contribution in [0.15, 0.2) is 17.5 Å². The van der Waals surface area contributed by atoms with Crippen molar-refractivity contribution in [3.63, 3.8) is 0 Å². The number of amidine groups is 1. The van der Waals surface area contributed by atoms with E-state index in [0.717, 1.165) is 5.75 Å². The SMILES string of the molecule is N=C(N)SC/C=C1\CCCc2sccc21. The molecule has 0 radical (unpaired) electrons. The number of nitrogens with two attached hydrogens (primary N) is 1. The number of aryl methyl sites for hydroxylation is 1. The van der Waals surface area contributed by atoms with Crippen LogP contribution in [0.25, 0.3) is 5.57 Å². The van der Waals surface area contributed by atoms with Gasteiger partial charge in [0.2, 0.25) is 0 Å². The highest BCUT2D eigenvalue weighted by Gasteiger charge is 2.14. The molecule has 0 bridgehead atoms. The summed E-state index contributed by atoms with van der Waals surface area (Å²) in [6, 6.07) is 2.21. The lowest BCUT2D eigenvalue weighted by Crippen LogP contribution is -2.04. The summed E-state index contributed by atoms with van der Waals surface area (Å²) < 4.78 is 0. The molecule has 0 unspecified atom stereocenters. The first-order valence-electron chi connectivity index (χ1n) is 5.00. The van der Waals surface area contributed by atoms with E-state index in [4.69, 9.17) is 11.1 Å². The first kappa shape index (κ1) is 10.8. The maximum absolute atomic E-state index is 7.14. The Morgan fingerprint density at radius 1 is 1.60 bits per heavy atom. The van der Waals surface area contributed by atoms with Gasteiger partial charge in [0.25, 0.3) is 0 Å². The van der Waals surface area contributed by atoms with Crippen molar-refractivity contribution in [2.45, 2.75) is 19.3 Å². The fraction of sp³-hybridized carbons (Fsp3) is 0.364. The third kappa shape index (κ3) is 2.63. The fourth-order valence-electron chi connectivity index (χ4n) is 1.84. The second-order valence-electron chi connectivity index (χ2n) is 3.52. The van der Waals surface area contributed by atoms with Gasteiger partial charge in [-0.1, -0.05) is 17.8 Å². The Labute approximate surface area is 98.1 Å². The summed E-state index contributed by atoms with van der Waals surface area (Å²) in [5, 5.41) is 9.51. The molecule has 0 aliphatic heterocycles. The molecule has 2 nitrogen and oxygen atoms in total. The molecule has 0 fully saturated rings. The van der Waals surface area contributed by atoms with Crippen molar-refractivity contribution in [1.29, 1.82) is 5.41 Å². The number of nitrogens with one attached hydrogen (secondary N) is 1. The summed E-state index contributed by atoms with van der Waals surface area (Å²) in [7, 11) is 0. The number of allylic oxidation sites excluding steroid dienone is 1. The van der Waals surface area contributed by atoms with Gasteiger partial charge < -0.3 is 5.73 Å². The smallest absolute Gasteiger partial charge is 0.151 e. The predicted octanol–water partition coefficient (Wildman–Crippen LogP) is 3.09. The van der Waals surface area contributed by atoms with Gasteiger partial charge in [-0.05, 0) is 41.8 Å². The van der Waals surface area contributed by atoms with Crippen LogP contribution in [0.3, 0.4) is 0 Å². The van der Waals surface area contributed by atoms with Gasteiger partial charge in [-0.3, -0.25) is 5.41 Å². The van der Waals surface area contributed by atoms with Gasteiger partial charge in [0.05, 0.1) is 0 Å². The van der Waals surface area contributed by atoms with Crippen LogP contribution in [-0.2, 0) is 6.42 Å². The van der Waals surface area contributed by atoms with Crippen LogP contribution >= 0.6 is 23.1 Å². The molecule has 1 aromatic heterocycles. The zero-order valence-electron chi connectivity index (χ0n) is 8.45. The molecular weight excluding hydrogens is 224 g/mol. The number of fused-ring (bicyclic) bond motifs is 1. The standard InChI is InChI=1S/C11H14N2S2/c12-11(13)15-6-4-8-2-1-3-10-9(8)5-7-14-10/h4-5,7H,1-3,6H2,(H3,12,13)/b8-4+.